The number of nitrogens with one attached hydrogen (secondary N) is 1. The van der Waals surface area contributed by atoms with Crippen molar-refractivity contribution in [1.82, 2.24) is 9.97 Å². The summed E-state index contributed by atoms with van der Waals surface area (Å²) in [6.07, 6.45) is 3.08. The molecule has 0 unspecified atom stereocenters. The van der Waals surface area contributed by atoms with Crippen LogP contribution in [0.15, 0.2) is 97.2 Å². The van der Waals surface area contributed by atoms with Crippen LogP contribution in [0.3, 0.4) is 0 Å². The molecule has 5 nitrogen and oxygen atoms in total. The molecular weight excluding hydrogens is 448 g/mol. The molecule has 6 rings (SSSR count). The smallest absolute Gasteiger partial charge is 0.352 e. The third-order valence-electron chi connectivity index (χ3n) is 6.67. The molecule has 0 fully saturated rings. The van der Waals surface area contributed by atoms with Crippen LogP contribution in [0.25, 0.3) is 43.7 Å². The van der Waals surface area contributed by atoms with E-state index >= 15 is 0 Å². The van der Waals surface area contributed by atoms with Crippen molar-refractivity contribution < 1.29 is 14.6 Å². The average Bonchev–Trinajstić information content (AvgIpc) is 3.30. The van der Waals surface area contributed by atoms with E-state index in [1.165, 1.54) is 0 Å². The Labute approximate surface area is 208 Å². The van der Waals surface area contributed by atoms with Crippen LogP contribution in [-0.4, -0.2) is 27.7 Å². The first-order valence-electron chi connectivity index (χ1n) is 12.0. The maximum atomic E-state index is 12.2. The van der Waals surface area contributed by atoms with Crippen LogP contribution in [0.5, 0.6) is 5.75 Å². The molecule has 0 radical (unpaired) electrons. The number of hydrogen-bond acceptors (Lipinski definition) is 3. The molecule has 0 atom stereocenters. The molecule has 0 aliphatic carbocycles. The van der Waals surface area contributed by atoms with E-state index in [1.807, 2.05) is 72.8 Å². The first-order chi connectivity index (χ1) is 17.7. The van der Waals surface area contributed by atoms with Crippen molar-refractivity contribution in [3.63, 3.8) is 0 Å². The summed E-state index contributed by atoms with van der Waals surface area (Å²) >= 11 is 0. The maximum absolute atomic E-state index is 12.2. The molecule has 4 aromatic carbocycles. The Hall–Kier alpha value is -4.64. The molecule has 5 heteroatoms. The summed E-state index contributed by atoms with van der Waals surface area (Å²) in [5, 5.41) is 14.2. The van der Waals surface area contributed by atoms with Gasteiger partial charge in [-0.1, -0.05) is 72.8 Å². The summed E-state index contributed by atoms with van der Waals surface area (Å²) in [5.41, 5.74) is 4.77. The molecule has 0 aliphatic heterocycles. The van der Waals surface area contributed by atoms with Crippen LogP contribution >= 0.6 is 0 Å². The third kappa shape index (κ3) is 3.85. The van der Waals surface area contributed by atoms with E-state index in [0.717, 1.165) is 55.0 Å². The lowest BCUT2D eigenvalue weighted by Gasteiger charge is -2.10. The number of benzene rings is 4. The second-order valence-corrected chi connectivity index (χ2v) is 8.82. The van der Waals surface area contributed by atoms with Crippen LogP contribution in [0.2, 0.25) is 0 Å². The van der Waals surface area contributed by atoms with Gasteiger partial charge < -0.3 is 14.8 Å². The number of carbonyl (C=O) groups is 1. The van der Waals surface area contributed by atoms with Crippen molar-refractivity contribution in [2.24, 2.45) is 0 Å². The number of nitrogens with zero attached hydrogens (tertiary/aromatic N) is 1. The average molecular weight is 473 g/mol. The summed E-state index contributed by atoms with van der Waals surface area (Å²) in [6.45, 7) is 0.494. The second kappa shape index (κ2) is 9.19. The fourth-order valence-electron chi connectivity index (χ4n) is 5.02. The van der Waals surface area contributed by atoms with E-state index in [4.69, 9.17) is 4.74 Å². The number of aryl methyl sites for hydroxylation is 1. The Bertz CT molecular complexity index is 1720. The fourth-order valence-corrected chi connectivity index (χ4v) is 5.02. The van der Waals surface area contributed by atoms with Gasteiger partial charge >= 0.3 is 5.97 Å². The van der Waals surface area contributed by atoms with Crippen molar-refractivity contribution >= 4 is 38.5 Å². The van der Waals surface area contributed by atoms with Gasteiger partial charge in [0, 0.05) is 27.9 Å². The minimum Gasteiger partial charge on any atom is -0.493 e. The number of hydrogen-bond donors (Lipinski definition) is 2. The standard InChI is InChI=1S/C31H24N2O3/c34-31(35)30-26(14-7-19-36-28-16-5-9-20-8-1-2-10-21(20)28)25-13-6-12-24(29(25)33-30)22-17-18-32-27-15-4-3-11-23(22)27/h1-6,8-13,15-18,33H,7,14,19H2,(H,34,35). The Kier molecular flexibility index (Phi) is 5.58. The van der Waals surface area contributed by atoms with Gasteiger partial charge in [0.2, 0.25) is 0 Å². The number of aromatic carboxylic acids is 1. The quantitative estimate of drug-likeness (QED) is 0.240. The van der Waals surface area contributed by atoms with E-state index < -0.39 is 5.97 Å². The largest absolute Gasteiger partial charge is 0.493 e. The highest BCUT2D eigenvalue weighted by Crippen LogP contribution is 2.35. The number of para-hydroxylation sites is 2. The molecule has 6 aromatic rings. The monoisotopic (exact) mass is 472 g/mol. The van der Waals surface area contributed by atoms with Gasteiger partial charge in [-0.15, -0.1) is 0 Å². The van der Waals surface area contributed by atoms with Gasteiger partial charge in [-0.3, -0.25) is 4.98 Å². The zero-order valence-electron chi connectivity index (χ0n) is 19.6. The number of carboxylic acids is 1. The molecular formula is C31H24N2O3. The number of rotatable bonds is 7. The van der Waals surface area contributed by atoms with E-state index in [9.17, 15) is 9.90 Å². The van der Waals surface area contributed by atoms with Gasteiger partial charge in [0.25, 0.3) is 0 Å². The number of ether oxygens (including phenoxy) is 1. The van der Waals surface area contributed by atoms with Crippen molar-refractivity contribution in [3.05, 3.63) is 108 Å². The lowest BCUT2D eigenvalue weighted by atomic mass is 9.97. The fraction of sp³-hybridized carbons (Fsp3) is 0.0968. The van der Waals surface area contributed by atoms with Gasteiger partial charge in [-0.05, 0) is 47.6 Å². The molecule has 2 aromatic heterocycles. The zero-order chi connectivity index (χ0) is 24.5. The van der Waals surface area contributed by atoms with Crippen molar-refractivity contribution in [1.29, 1.82) is 0 Å². The first-order valence-corrected chi connectivity index (χ1v) is 12.0. The SMILES string of the molecule is O=C(O)c1[nH]c2c(-c3ccnc4ccccc34)cccc2c1CCCOc1cccc2ccccc12. The Morgan fingerprint density at radius 1 is 0.806 bits per heavy atom. The third-order valence-corrected chi connectivity index (χ3v) is 6.67. The Morgan fingerprint density at radius 2 is 1.56 bits per heavy atom. The molecule has 0 amide bonds. The van der Waals surface area contributed by atoms with Crippen LogP contribution in [0, 0.1) is 0 Å². The molecule has 0 saturated heterocycles. The van der Waals surface area contributed by atoms with Crippen molar-refractivity contribution in [2.45, 2.75) is 12.8 Å². The number of carboxylic acid groups (broad SMARTS) is 1. The highest BCUT2D eigenvalue weighted by atomic mass is 16.5. The normalized spacial score (nSPS) is 11.3. The van der Waals surface area contributed by atoms with Crippen LogP contribution < -0.4 is 4.74 Å². The second-order valence-electron chi connectivity index (χ2n) is 8.82. The highest BCUT2D eigenvalue weighted by Gasteiger charge is 2.20. The number of aromatic nitrogens is 2. The van der Waals surface area contributed by atoms with Gasteiger partial charge in [0.1, 0.15) is 11.4 Å². The molecule has 176 valence electrons. The summed E-state index contributed by atoms with van der Waals surface area (Å²) in [6, 6.07) is 30.1. The molecule has 2 heterocycles. The Balaban J connectivity index is 1.32. The number of fused-ring (bicyclic) bond motifs is 3. The predicted molar refractivity (Wildman–Crippen MR) is 144 cm³/mol. The Morgan fingerprint density at radius 3 is 2.44 bits per heavy atom. The van der Waals surface area contributed by atoms with E-state index in [-0.39, 0.29) is 5.69 Å². The van der Waals surface area contributed by atoms with E-state index in [0.29, 0.717) is 19.4 Å². The van der Waals surface area contributed by atoms with Crippen molar-refractivity contribution in [2.75, 3.05) is 6.61 Å². The summed E-state index contributed by atoms with van der Waals surface area (Å²) in [7, 11) is 0. The number of aromatic amines is 1. The molecule has 0 bridgehead atoms. The summed E-state index contributed by atoms with van der Waals surface area (Å²) < 4.78 is 6.11. The van der Waals surface area contributed by atoms with Crippen LogP contribution in [-0.2, 0) is 6.42 Å². The van der Waals surface area contributed by atoms with Crippen LogP contribution in [0.1, 0.15) is 22.5 Å². The zero-order valence-corrected chi connectivity index (χ0v) is 19.6. The van der Waals surface area contributed by atoms with E-state index in [2.05, 4.69) is 28.2 Å². The van der Waals surface area contributed by atoms with Gasteiger partial charge in [-0.2, -0.15) is 0 Å². The minimum atomic E-state index is -0.957. The summed E-state index contributed by atoms with van der Waals surface area (Å²) in [4.78, 5) is 19.9. The first kappa shape index (κ1) is 21.9. The van der Waals surface area contributed by atoms with E-state index in [1.54, 1.807) is 6.20 Å². The van der Waals surface area contributed by atoms with Crippen molar-refractivity contribution in [3.8, 4) is 16.9 Å². The lowest BCUT2D eigenvalue weighted by molar-refractivity contribution is 0.0690. The van der Waals surface area contributed by atoms with Gasteiger partial charge in [0.05, 0.1) is 17.6 Å². The molecule has 36 heavy (non-hydrogen) atoms. The molecule has 0 spiro atoms. The van der Waals surface area contributed by atoms with Gasteiger partial charge in [0.15, 0.2) is 0 Å². The number of pyridine rings is 1. The lowest BCUT2D eigenvalue weighted by Crippen LogP contribution is -2.04. The maximum Gasteiger partial charge on any atom is 0.352 e. The predicted octanol–water partition coefficient (Wildman–Crippen LogP) is 7.25. The molecule has 0 saturated carbocycles. The number of H-pyrrole nitrogens is 1. The highest BCUT2D eigenvalue weighted by molar-refractivity contribution is 6.07. The van der Waals surface area contributed by atoms with Crippen LogP contribution in [0.4, 0.5) is 0 Å². The summed E-state index contributed by atoms with van der Waals surface area (Å²) in [5.74, 6) is -0.112. The molecule has 2 N–H and O–H groups in total. The minimum absolute atomic E-state index is 0.237. The van der Waals surface area contributed by atoms with Gasteiger partial charge in [-0.25, -0.2) is 4.79 Å². The topological polar surface area (TPSA) is 75.2 Å². The molecule has 0 aliphatic rings.